The van der Waals surface area contributed by atoms with E-state index in [1.807, 2.05) is 0 Å². The molecular formula is C8H10N2O3S. The lowest BCUT2D eigenvalue weighted by molar-refractivity contribution is 0.0697. The number of nitrogens with two attached hydrogens (primary N) is 1. The van der Waals surface area contributed by atoms with Gasteiger partial charge < -0.3 is 10.8 Å². The van der Waals surface area contributed by atoms with E-state index in [4.69, 9.17) is 10.8 Å². The van der Waals surface area contributed by atoms with Gasteiger partial charge in [-0.2, -0.15) is 0 Å². The van der Waals surface area contributed by atoms with Crippen molar-refractivity contribution in [1.29, 1.82) is 0 Å². The number of carbonyl (C=O) groups excluding carboxylic acids is 1. The van der Waals surface area contributed by atoms with Gasteiger partial charge in [-0.15, -0.1) is 11.3 Å². The van der Waals surface area contributed by atoms with Gasteiger partial charge in [0.15, 0.2) is 0 Å². The first kappa shape index (κ1) is 10.5. The van der Waals surface area contributed by atoms with Crippen molar-refractivity contribution in [2.24, 2.45) is 5.73 Å². The summed E-state index contributed by atoms with van der Waals surface area (Å²) < 4.78 is 0. The SMILES string of the molecule is Cc1sc(NC(N)=O)c(C(=O)O)c1C. The zero-order valence-corrected chi connectivity index (χ0v) is 8.57. The maximum atomic E-state index is 10.9. The molecule has 14 heavy (non-hydrogen) atoms. The highest BCUT2D eigenvalue weighted by molar-refractivity contribution is 7.16. The van der Waals surface area contributed by atoms with Crippen molar-refractivity contribution >= 4 is 28.3 Å². The average Bonchev–Trinajstić information content (AvgIpc) is 2.26. The molecule has 0 spiro atoms. The first-order valence-corrected chi connectivity index (χ1v) is 4.65. The van der Waals surface area contributed by atoms with Crippen molar-refractivity contribution in [2.45, 2.75) is 13.8 Å². The Hall–Kier alpha value is -1.56. The number of urea groups is 1. The second-order valence-electron chi connectivity index (χ2n) is 2.78. The molecule has 4 N–H and O–H groups in total. The van der Waals surface area contributed by atoms with Gasteiger partial charge in [0.1, 0.15) is 5.00 Å². The number of carboxylic acid groups (broad SMARTS) is 1. The van der Waals surface area contributed by atoms with Gasteiger partial charge in [-0.1, -0.05) is 0 Å². The number of carboxylic acids is 1. The fraction of sp³-hybridized carbons (Fsp3) is 0.250. The fourth-order valence-electron chi connectivity index (χ4n) is 1.08. The molecule has 0 radical (unpaired) electrons. The largest absolute Gasteiger partial charge is 0.478 e. The molecule has 1 heterocycles. The maximum absolute atomic E-state index is 10.9. The smallest absolute Gasteiger partial charge is 0.338 e. The predicted octanol–water partition coefficient (Wildman–Crippen LogP) is 1.55. The lowest BCUT2D eigenvalue weighted by Gasteiger charge is -1.99. The Balaban J connectivity index is 3.22. The Labute approximate surface area is 84.5 Å². The van der Waals surface area contributed by atoms with Gasteiger partial charge in [0, 0.05) is 4.88 Å². The molecule has 1 aromatic rings. The van der Waals surface area contributed by atoms with Crippen LogP contribution in [-0.4, -0.2) is 17.1 Å². The molecule has 0 unspecified atom stereocenters. The van der Waals surface area contributed by atoms with Crippen molar-refractivity contribution in [3.05, 3.63) is 16.0 Å². The van der Waals surface area contributed by atoms with E-state index in [1.165, 1.54) is 11.3 Å². The Morgan fingerprint density at radius 3 is 2.43 bits per heavy atom. The van der Waals surface area contributed by atoms with Crippen LogP contribution in [0.1, 0.15) is 20.8 Å². The third-order valence-electron chi connectivity index (χ3n) is 1.84. The highest BCUT2D eigenvalue weighted by Crippen LogP contribution is 2.32. The summed E-state index contributed by atoms with van der Waals surface area (Å²) >= 11 is 1.20. The quantitative estimate of drug-likeness (QED) is 0.697. The Kier molecular flexibility index (Phi) is 2.76. The second kappa shape index (κ2) is 3.67. The average molecular weight is 214 g/mol. The highest BCUT2D eigenvalue weighted by Gasteiger charge is 2.19. The molecule has 0 aliphatic heterocycles. The Bertz CT molecular complexity index is 398. The van der Waals surface area contributed by atoms with E-state index in [2.05, 4.69) is 5.32 Å². The normalized spacial score (nSPS) is 9.86. The molecule has 0 aliphatic rings. The molecule has 0 aliphatic carbocycles. The minimum atomic E-state index is -1.06. The van der Waals surface area contributed by atoms with Crippen LogP contribution in [0, 0.1) is 13.8 Å². The molecule has 0 saturated heterocycles. The van der Waals surface area contributed by atoms with E-state index in [1.54, 1.807) is 13.8 Å². The van der Waals surface area contributed by atoms with E-state index in [0.717, 1.165) is 4.88 Å². The summed E-state index contributed by atoms with van der Waals surface area (Å²) in [4.78, 5) is 22.3. The van der Waals surface area contributed by atoms with Crippen LogP contribution in [0.25, 0.3) is 0 Å². The molecule has 5 nitrogen and oxygen atoms in total. The van der Waals surface area contributed by atoms with Gasteiger partial charge in [0.2, 0.25) is 0 Å². The molecule has 6 heteroatoms. The number of hydrogen-bond donors (Lipinski definition) is 3. The van der Waals surface area contributed by atoms with Crippen molar-refractivity contribution < 1.29 is 14.7 Å². The number of nitrogens with one attached hydrogen (secondary N) is 1. The van der Waals surface area contributed by atoms with Gasteiger partial charge in [-0.3, -0.25) is 5.32 Å². The number of carbonyl (C=O) groups is 2. The van der Waals surface area contributed by atoms with Gasteiger partial charge in [0.25, 0.3) is 0 Å². The molecule has 76 valence electrons. The number of thiophene rings is 1. The lowest BCUT2D eigenvalue weighted by Crippen LogP contribution is -2.20. The molecule has 0 bridgehead atoms. The van der Waals surface area contributed by atoms with Crippen LogP contribution in [0.5, 0.6) is 0 Å². The number of primary amides is 1. The minimum Gasteiger partial charge on any atom is -0.478 e. The van der Waals surface area contributed by atoms with E-state index >= 15 is 0 Å². The Morgan fingerprint density at radius 1 is 1.43 bits per heavy atom. The van der Waals surface area contributed by atoms with Crippen molar-refractivity contribution in [3.8, 4) is 0 Å². The zero-order chi connectivity index (χ0) is 10.9. The molecule has 1 aromatic heterocycles. The van der Waals surface area contributed by atoms with Gasteiger partial charge in [-0.25, -0.2) is 9.59 Å². The van der Waals surface area contributed by atoms with Crippen molar-refractivity contribution in [2.75, 3.05) is 5.32 Å². The molecule has 0 atom stereocenters. The fourth-order valence-corrected chi connectivity index (χ4v) is 2.14. The van der Waals surface area contributed by atoms with Crippen LogP contribution in [0.3, 0.4) is 0 Å². The summed E-state index contributed by atoms with van der Waals surface area (Å²) in [6.45, 7) is 3.49. The molecule has 0 aromatic carbocycles. The summed E-state index contributed by atoms with van der Waals surface area (Å²) in [6.07, 6.45) is 0. The van der Waals surface area contributed by atoms with Gasteiger partial charge in [-0.05, 0) is 19.4 Å². The molecule has 2 amide bonds. The van der Waals surface area contributed by atoms with Crippen molar-refractivity contribution in [1.82, 2.24) is 0 Å². The number of anilines is 1. The van der Waals surface area contributed by atoms with E-state index in [-0.39, 0.29) is 5.56 Å². The number of aryl methyl sites for hydroxylation is 1. The predicted molar refractivity (Wildman–Crippen MR) is 54.0 cm³/mol. The number of aromatic carboxylic acids is 1. The summed E-state index contributed by atoms with van der Waals surface area (Å²) in [5.41, 5.74) is 5.69. The first-order valence-electron chi connectivity index (χ1n) is 3.83. The second-order valence-corrected chi connectivity index (χ2v) is 4.01. The topological polar surface area (TPSA) is 92.4 Å². The maximum Gasteiger partial charge on any atom is 0.338 e. The van der Waals surface area contributed by atoms with Crippen molar-refractivity contribution in [3.63, 3.8) is 0 Å². The van der Waals surface area contributed by atoms with Gasteiger partial charge >= 0.3 is 12.0 Å². The van der Waals surface area contributed by atoms with Crippen LogP contribution >= 0.6 is 11.3 Å². The van der Waals surface area contributed by atoms with Crippen LogP contribution in [0.15, 0.2) is 0 Å². The molecular weight excluding hydrogens is 204 g/mol. The summed E-state index contributed by atoms with van der Waals surface area (Å²) in [5.74, 6) is -1.06. The van der Waals surface area contributed by atoms with Crippen LogP contribution in [0.2, 0.25) is 0 Å². The number of hydrogen-bond acceptors (Lipinski definition) is 3. The molecule has 1 rings (SSSR count). The van der Waals surface area contributed by atoms with E-state index < -0.39 is 12.0 Å². The summed E-state index contributed by atoms with van der Waals surface area (Å²) in [5, 5.41) is 11.5. The highest BCUT2D eigenvalue weighted by atomic mass is 32.1. The zero-order valence-electron chi connectivity index (χ0n) is 7.75. The lowest BCUT2D eigenvalue weighted by atomic mass is 10.1. The van der Waals surface area contributed by atoms with Gasteiger partial charge in [0.05, 0.1) is 5.56 Å². The number of rotatable bonds is 2. The minimum absolute atomic E-state index is 0.117. The van der Waals surface area contributed by atoms with Crippen LogP contribution in [-0.2, 0) is 0 Å². The van der Waals surface area contributed by atoms with Crippen LogP contribution in [0.4, 0.5) is 9.80 Å². The molecule has 0 fully saturated rings. The third kappa shape index (κ3) is 1.85. The standard InChI is InChI=1S/C8H10N2O3S/c1-3-4(2)14-6(10-8(9)13)5(3)7(11)12/h1-2H3,(H,11,12)(H3,9,10,13). The molecule has 0 saturated carbocycles. The van der Waals surface area contributed by atoms with E-state index in [9.17, 15) is 9.59 Å². The number of amides is 2. The van der Waals surface area contributed by atoms with Crippen LogP contribution < -0.4 is 11.1 Å². The van der Waals surface area contributed by atoms with E-state index in [0.29, 0.717) is 10.6 Å². The Morgan fingerprint density at radius 2 is 2.00 bits per heavy atom. The first-order chi connectivity index (χ1) is 6.43. The third-order valence-corrected chi connectivity index (χ3v) is 2.96. The summed E-state index contributed by atoms with van der Waals surface area (Å²) in [7, 11) is 0. The monoisotopic (exact) mass is 214 g/mol. The summed E-state index contributed by atoms with van der Waals surface area (Å²) in [6, 6.07) is -0.756.